The molecule has 0 bridgehead atoms. The van der Waals surface area contributed by atoms with Gasteiger partial charge in [-0.05, 0) is 12.8 Å². The van der Waals surface area contributed by atoms with Crippen molar-refractivity contribution in [1.82, 2.24) is 0 Å². The normalized spacial score (nSPS) is 12.5. The highest BCUT2D eigenvalue weighted by Crippen LogP contribution is 2.11. The number of rotatable bonds is 8. The van der Waals surface area contributed by atoms with Gasteiger partial charge in [0.25, 0.3) is 0 Å². The molecule has 0 fully saturated rings. The molecule has 0 N–H and O–H groups in total. The van der Waals surface area contributed by atoms with Crippen LogP contribution in [0.3, 0.4) is 0 Å². The molecule has 74 valence electrons. The van der Waals surface area contributed by atoms with Crippen LogP contribution in [0, 0.1) is 0 Å². The molecule has 0 heterocycles. The minimum absolute atomic E-state index is 0.485. The molecule has 0 aromatic rings. The molecule has 1 unspecified atom stereocenters. The minimum Gasteiger partial charge on any atom is -0.108 e. The van der Waals surface area contributed by atoms with Crippen molar-refractivity contribution in [2.75, 3.05) is 0 Å². The van der Waals surface area contributed by atoms with Gasteiger partial charge >= 0.3 is 0 Å². The van der Waals surface area contributed by atoms with Crippen molar-refractivity contribution in [1.29, 1.82) is 0 Å². The fourth-order valence-electron chi connectivity index (χ4n) is 1.53. The maximum absolute atomic E-state index is 3.94. The lowest BCUT2D eigenvalue weighted by Gasteiger charge is -2.16. The Balaban J connectivity index is 3.92. The third-order valence-electron chi connectivity index (χ3n) is 2.60. The SMILES string of the molecule is C=CCC[SiH](CCC=C)[SiH](C)C=C. The van der Waals surface area contributed by atoms with Crippen molar-refractivity contribution < 1.29 is 0 Å². The van der Waals surface area contributed by atoms with E-state index in [1.807, 2.05) is 0 Å². The van der Waals surface area contributed by atoms with E-state index in [-0.39, 0.29) is 0 Å². The van der Waals surface area contributed by atoms with Crippen LogP contribution < -0.4 is 0 Å². The van der Waals surface area contributed by atoms with Gasteiger partial charge in [0.1, 0.15) is 0 Å². The van der Waals surface area contributed by atoms with Crippen molar-refractivity contribution in [2.24, 2.45) is 0 Å². The Labute approximate surface area is 86.1 Å². The van der Waals surface area contributed by atoms with Crippen LogP contribution in [0.25, 0.3) is 0 Å². The molecule has 1 atom stereocenters. The Morgan fingerprint density at radius 3 is 1.77 bits per heavy atom. The third kappa shape index (κ3) is 5.83. The molecule has 0 aliphatic heterocycles. The van der Waals surface area contributed by atoms with E-state index < -0.39 is 16.6 Å². The van der Waals surface area contributed by atoms with E-state index in [2.05, 4.69) is 44.1 Å². The van der Waals surface area contributed by atoms with Gasteiger partial charge in [-0.25, -0.2) is 0 Å². The van der Waals surface area contributed by atoms with Gasteiger partial charge in [0.15, 0.2) is 0 Å². The Hall–Kier alpha value is -0.346. The van der Waals surface area contributed by atoms with Crippen LogP contribution in [0.4, 0.5) is 0 Å². The van der Waals surface area contributed by atoms with Crippen LogP contribution >= 0.6 is 0 Å². The molecule has 0 aliphatic carbocycles. The summed E-state index contributed by atoms with van der Waals surface area (Å²) >= 11 is 0. The van der Waals surface area contributed by atoms with Gasteiger partial charge in [-0.15, -0.1) is 25.4 Å². The van der Waals surface area contributed by atoms with Gasteiger partial charge in [0.2, 0.25) is 0 Å². The smallest absolute Gasteiger partial charge is 0.0485 e. The summed E-state index contributed by atoms with van der Waals surface area (Å²) < 4.78 is 0. The zero-order valence-electron chi connectivity index (χ0n) is 8.84. The van der Waals surface area contributed by atoms with Gasteiger partial charge in [-0.1, -0.05) is 30.8 Å². The first-order valence-corrected chi connectivity index (χ1v) is 11.2. The molecule has 0 amide bonds. The van der Waals surface area contributed by atoms with Gasteiger partial charge in [-0.3, -0.25) is 0 Å². The average Bonchev–Trinajstić information content (AvgIpc) is 2.17. The average molecular weight is 210 g/mol. The summed E-state index contributed by atoms with van der Waals surface area (Å²) in [4.78, 5) is 0. The van der Waals surface area contributed by atoms with Crippen molar-refractivity contribution in [3.63, 3.8) is 0 Å². The minimum atomic E-state index is -0.552. The highest BCUT2D eigenvalue weighted by atomic mass is 29.2. The molecule has 0 aromatic carbocycles. The molecule has 0 aromatic heterocycles. The molecule has 0 nitrogen and oxygen atoms in total. The van der Waals surface area contributed by atoms with Crippen LogP contribution in [-0.4, -0.2) is 16.6 Å². The number of allylic oxidation sites excluding steroid dienone is 2. The zero-order valence-corrected chi connectivity index (χ0v) is 11.1. The van der Waals surface area contributed by atoms with Crippen LogP contribution in [0.1, 0.15) is 12.8 Å². The number of hydrogen-bond donors (Lipinski definition) is 0. The Morgan fingerprint density at radius 1 is 1.00 bits per heavy atom. The van der Waals surface area contributed by atoms with Crippen LogP contribution in [-0.2, 0) is 0 Å². The van der Waals surface area contributed by atoms with E-state index >= 15 is 0 Å². The van der Waals surface area contributed by atoms with E-state index in [1.165, 1.54) is 24.9 Å². The largest absolute Gasteiger partial charge is 0.108 e. The second-order valence-electron chi connectivity index (χ2n) is 3.59. The lowest BCUT2D eigenvalue weighted by Crippen LogP contribution is -2.30. The third-order valence-corrected chi connectivity index (χ3v) is 14.3. The van der Waals surface area contributed by atoms with Gasteiger partial charge < -0.3 is 0 Å². The van der Waals surface area contributed by atoms with Gasteiger partial charge in [-0.2, -0.15) is 0 Å². The Bertz CT molecular complexity index is 151. The highest BCUT2D eigenvalue weighted by Gasteiger charge is 2.15. The summed E-state index contributed by atoms with van der Waals surface area (Å²) in [6, 6.07) is 2.85. The number of hydrogen-bond acceptors (Lipinski definition) is 0. The summed E-state index contributed by atoms with van der Waals surface area (Å²) in [6.45, 7) is 14.0. The van der Waals surface area contributed by atoms with E-state index in [9.17, 15) is 0 Å². The van der Waals surface area contributed by atoms with Crippen molar-refractivity contribution in [2.45, 2.75) is 31.5 Å². The maximum atomic E-state index is 3.94. The molecule has 2 heteroatoms. The lowest BCUT2D eigenvalue weighted by atomic mass is 10.5. The fraction of sp³-hybridized carbons (Fsp3) is 0.455. The molecule has 0 radical (unpaired) electrons. The topological polar surface area (TPSA) is 0 Å². The highest BCUT2D eigenvalue weighted by molar-refractivity contribution is 7.24. The predicted molar refractivity (Wildman–Crippen MR) is 69.6 cm³/mol. The summed E-state index contributed by atoms with van der Waals surface area (Å²) in [5, 5.41) is 0. The monoisotopic (exact) mass is 210 g/mol. The molecule has 0 spiro atoms. The maximum Gasteiger partial charge on any atom is 0.0485 e. The molecule has 0 rings (SSSR count). The summed E-state index contributed by atoms with van der Waals surface area (Å²) in [5.74, 6) is 0. The second kappa shape index (κ2) is 8.26. The van der Waals surface area contributed by atoms with E-state index in [1.54, 1.807) is 0 Å². The fourth-order valence-corrected chi connectivity index (χ4v) is 10.0. The molecule has 0 saturated heterocycles. The quantitative estimate of drug-likeness (QED) is 0.427. The molecule has 13 heavy (non-hydrogen) atoms. The lowest BCUT2D eigenvalue weighted by molar-refractivity contribution is 1.13. The van der Waals surface area contributed by atoms with E-state index in [0.29, 0.717) is 0 Å². The Kier molecular flexibility index (Phi) is 8.04. The molecular formula is C11H22Si2. The first kappa shape index (κ1) is 12.7. The van der Waals surface area contributed by atoms with Crippen LogP contribution in [0.5, 0.6) is 0 Å². The van der Waals surface area contributed by atoms with Crippen molar-refractivity contribution in [3.8, 4) is 0 Å². The summed E-state index contributed by atoms with van der Waals surface area (Å²) in [7, 11) is -1.04. The zero-order chi connectivity index (χ0) is 10.1. The predicted octanol–water partition coefficient (Wildman–Crippen LogP) is 3.03. The van der Waals surface area contributed by atoms with Gasteiger partial charge in [0, 0.05) is 16.6 Å². The molecule has 0 aliphatic rings. The van der Waals surface area contributed by atoms with Crippen LogP contribution in [0.2, 0.25) is 18.6 Å². The standard InChI is InChI=1S/C11H22Si2/c1-5-8-10-13(11-9-6-2)12(4)7-3/h5-7,12-13H,1-3,8-11H2,4H3. The van der Waals surface area contributed by atoms with E-state index in [0.717, 1.165) is 0 Å². The van der Waals surface area contributed by atoms with Crippen LogP contribution in [0.15, 0.2) is 37.6 Å². The molecule has 0 saturated carbocycles. The first-order valence-electron chi connectivity index (χ1n) is 5.10. The second-order valence-corrected chi connectivity index (χ2v) is 14.4. The molecular weight excluding hydrogens is 188 g/mol. The first-order chi connectivity index (χ1) is 6.26. The summed E-state index contributed by atoms with van der Waals surface area (Å²) in [6.07, 6.45) is 6.52. The Morgan fingerprint density at radius 2 is 1.46 bits per heavy atom. The summed E-state index contributed by atoms with van der Waals surface area (Å²) in [5.41, 5.74) is 2.25. The van der Waals surface area contributed by atoms with Gasteiger partial charge in [0.05, 0.1) is 0 Å². The van der Waals surface area contributed by atoms with E-state index in [4.69, 9.17) is 0 Å². The van der Waals surface area contributed by atoms with Crippen molar-refractivity contribution >= 4 is 16.6 Å². The van der Waals surface area contributed by atoms with Crippen molar-refractivity contribution in [3.05, 3.63) is 37.6 Å².